The van der Waals surface area contributed by atoms with Gasteiger partial charge in [-0.15, -0.1) is 0 Å². The molecule has 0 amide bonds. The van der Waals surface area contributed by atoms with Crippen molar-refractivity contribution < 1.29 is 9.84 Å². The minimum atomic E-state index is -0.290. The zero-order chi connectivity index (χ0) is 11.1. The van der Waals surface area contributed by atoms with Gasteiger partial charge in [-0.05, 0) is 17.4 Å². The van der Waals surface area contributed by atoms with Crippen molar-refractivity contribution in [3.63, 3.8) is 0 Å². The van der Waals surface area contributed by atoms with Crippen molar-refractivity contribution in [2.45, 2.75) is 45.8 Å². The highest BCUT2D eigenvalue weighted by molar-refractivity contribution is 5.33. The van der Waals surface area contributed by atoms with E-state index in [2.05, 4.69) is 32.9 Å². The molecule has 0 aromatic carbocycles. The zero-order valence-corrected chi connectivity index (χ0v) is 9.79. The Hall–Kier alpha value is -0.600. The molecule has 0 spiro atoms. The van der Waals surface area contributed by atoms with E-state index >= 15 is 0 Å². The van der Waals surface area contributed by atoms with E-state index in [1.807, 2.05) is 0 Å². The molecule has 0 aromatic rings. The van der Waals surface area contributed by atoms with Crippen LogP contribution in [0, 0.1) is 5.41 Å². The van der Waals surface area contributed by atoms with Gasteiger partial charge in [-0.25, -0.2) is 0 Å². The molecule has 2 rings (SSSR count). The Kier molecular flexibility index (Phi) is 2.73. The van der Waals surface area contributed by atoms with Crippen LogP contribution in [-0.4, -0.2) is 23.9 Å². The summed E-state index contributed by atoms with van der Waals surface area (Å²) in [6.07, 6.45) is 5.71. The molecule has 0 aromatic heterocycles. The number of aliphatic hydroxyl groups excluding tert-OH is 1. The van der Waals surface area contributed by atoms with Crippen LogP contribution >= 0.6 is 0 Å². The van der Waals surface area contributed by atoms with Crippen molar-refractivity contribution in [3.05, 3.63) is 23.3 Å². The van der Waals surface area contributed by atoms with Gasteiger partial charge in [0.1, 0.15) is 0 Å². The molecule has 2 heteroatoms. The molecule has 1 aliphatic heterocycles. The second-order valence-electron chi connectivity index (χ2n) is 5.48. The molecular weight excluding hydrogens is 188 g/mol. The molecule has 1 fully saturated rings. The fourth-order valence-corrected chi connectivity index (χ4v) is 2.22. The molecule has 1 N–H and O–H groups in total. The highest BCUT2D eigenvalue weighted by Gasteiger charge is 2.31. The molecule has 84 valence electrons. The number of rotatable bonds is 0. The molecule has 1 aliphatic carbocycles. The van der Waals surface area contributed by atoms with E-state index in [9.17, 15) is 5.11 Å². The van der Waals surface area contributed by atoms with E-state index in [1.54, 1.807) is 0 Å². The van der Waals surface area contributed by atoms with Gasteiger partial charge in [0.15, 0.2) is 0 Å². The summed E-state index contributed by atoms with van der Waals surface area (Å²) in [6, 6.07) is 0. The molecule has 1 saturated heterocycles. The average molecular weight is 208 g/mol. The number of ether oxygens (including phenoxy) is 1. The quantitative estimate of drug-likeness (QED) is 0.662. The van der Waals surface area contributed by atoms with Crippen molar-refractivity contribution in [1.82, 2.24) is 0 Å². The molecule has 15 heavy (non-hydrogen) atoms. The summed E-state index contributed by atoms with van der Waals surface area (Å²) in [5.74, 6) is 0. The minimum absolute atomic E-state index is 0.118. The van der Waals surface area contributed by atoms with Crippen LogP contribution in [0.5, 0.6) is 0 Å². The molecule has 2 unspecified atom stereocenters. The summed E-state index contributed by atoms with van der Waals surface area (Å²) in [5.41, 5.74) is 2.67. The number of hydrogen-bond donors (Lipinski definition) is 1. The first-order chi connectivity index (χ1) is 6.98. The summed E-state index contributed by atoms with van der Waals surface area (Å²) in [4.78, 5) is 0. The van der Waals surface area contributed by atoms with Crippen LogP contribution in [0.3, 0.4) is 0 Å². The monoisotopic (exact) mass is 208 g/mol. The normalized spacial score (nSPS) is 31.7. The van der Waals surface area contributed by atoms with E-state index in [4.69, 9.17) is 4.74 Å². The van der Waals surface area contributed by atoms with E-state index in [-0.39, 0.29) is 17.6 Å². The first-order valence-electron chi connectivity index (χ1n) is 5.69. The van der Waals surface area contributed by atoms with Gasteiger partial charge in [0.05, 0.1) is 18.8 Å². The predicted molar refractivity (Wildman–Crippen MR) is 60.6 cm³/mol. The third-order valence-electron chi connectivity index (χ3n) is 3.31. The maximum atomic E-state index is 9.82. The van der Waals surface area contributed by atoms with Crippen molar-refractivity contribution in [1.29, 1.82) is 0 Å². The predicted octanol–water partition coefficient (Wildman–Crippen LogP) is 2.44. The largest absolute Gasteiger partial charge is 0.389 e. The Balaban J connectivity index is 2.23. The summed E-state index contributed by atoms with van der Waals surface area (Å²) in [7, 11) is 0. The second kappa shape index (κ2) is 3.76. The molecular formula is C13H20O2. The van der Waals surface area contributed by atoms with E-state index in [0.29, 0.717) is 6.61 Å². The molecule has 0 saturated carbocycles. The Morgan fingerprint density at radius 2 is 2.07 bits per heavy atom. The molecule has 0 bridgehead atoms. The van der Waals surface area contributed by atoms with E-state index in [0.717, 1.165) is 18.4 Å². The minimum Gasteiger partial charge on any atom is -0.389 e. The van der Waals surface area contributed by atoms with Gasteiger partial charge in [-0.2, -0.15) is 0 Å². The molecule has 2 atom stereocenters. The van der Waals surface area contributed by atoms with Crippen molar-refractivity contribution in [3.8, 4) is 0 Å². The summed E-state index contributed by atoms with van der Waals surface area (Å²) < 4.78 is 5.71. The van der Waals surface area contributed by atoms with E-state index in [1.165, 1.54) is 5.57 Å². The van der Waals surface area contributed by atoms with Crippen LogP contribution in [0.15, 0.2) is 23.3 Å². The van der Waals surface area contributed by atoms with Crippen LogP contribution < -0.4 is 0 Å². The molecule has 0 radical (unpaired) electrons. The van der Waals surface area contributed by atoms with Gasteiger partial charge < -0.3 is 9.84 Å². The second-order valence-corrected chi connectivity index (χ2v) is 5.48. The number of allylic oxidation sites excluding steroid dienone is 2. The third kappa shape index (κ3) is 2.16. The van der Waals surface area contributed by atoms with Gasteiger partial charge in [0.2, 0.25) is 0 Å². The first-order valence-corrected chi connectivity index (χ1v) is 5.69. The van der Waals surface area contributed by atoms with Crippen LogP contribution in [0.25, 0.3) is 0 Å². The zero-order valence-electron chi connectivity index (χ0n) is 9.79. The molecule has 1 heterocycles. The fourth-order valence-electron chi connectivity index (χ4n) is 2.22. The van der Waals surface area contributed by atoms with Crippen molar-refractivity contribution in [2.24, 2.45) is 5.41 Å². The smallest absolute Gasteiger partial charge is 0.0850 e. The Labute approximate surface area is 91.6 Å². The summed E-state index contributed by atoms with van der Waals surface area (Å²) in [6.45, 7) is 7.34. The molecule has 2 aliphatic rings. The topological polar surface area (TPSA) is 29.5 Å². The highest BCUT2D eigenvalue weighted by atomic mass is 16.5. The van der Waals surface area contributed by atoms with Gasteiger partial charge in [0, 0.05) is 6.42 Å². The standard InChI is InChI=1S/C13H20O2/c1-13(2,3)9-4-5-10-11(14)6-7-15-12(10)8-9/h4-5,11-12,14H,6-8H2,1-3H3. The lowest BCUT2D eigenvalue weighted by atomic mass is 9.78. The maximum absolute atomic E-state index is 9.82. The first kappa shape index (κ1) is 10.9. The van der Waals surface area contributed by atoms with Gasteiger partial charge in [-0.3, -0.25) is 0 Å². The van der Waals surface area contributed by atoms with Crippen LogP contribution in [0.1, 0.15) is 33.6 Å². The lowest BCUT2D eigenvalue weighted by molar-refractivity contribution is 0.00122. The highest BCUT2D eigenvalue weighted by Crippen LogP contribution is 2.36. The van der Waals surface area contributed by atoms with Crippen molar-refractivity contribution >= 4 is 0 Å². The average Bonchev–Trinajstić information content (AvgIpc) is 2.16. The lowest BCUT2D eigenvalue weighted by Gasteiger charge is -2.36. The van der Waals surface area contributed by atoms with Gasteiger partial charge in [0.25, 0.3) is 0 Å². The molecule has 2 nitrogen and oxygen atoms in total. The Morgan fingerprint density at radius 1 is 1.33 bits per heavy atom. The van der Waals surface area contributed by atoms with Gasteiger partial charge in [-0.1, -0.05) is 38.5 Å². The maximum Gasteiger partial charge on any atom is 0.0850 e. The van der Waals surface area contributed by atoms with Crippen LogP contribution in [0.2, 0.25) is 0 Å². The van der Waals surface area contributed by atoms with E-state index < -0.39 is 0 Å². The Morgan fingerprint density at radius 3 is 2.73 bits per heavy atom. The van der Waals surface area contributed by atoms with Crippen molar-refractivity contribution in [2.75, 3.05) is 6.61 Å². The SMILES string of the molecule is CC(C)(C)C1=CC=C2C(O)CCOC2C1. The van der Waals surface area contributed by atoms with Crippen LogP contribution in [0.4, 0.5) is 0 Å². The third-order valence-corrected chi connectivity index (χ3v) is 3.31. The number of fused-ring (bicyclic) bond motifs is 1. The van der Waals surface area contributed by atoms with Crippen LogP contribution in [-0.2, 0) is 4.74 Å². The Bertz CT molecular complexity index is 307. The van der Waals surface area contributed by atoms with Gasteiger partial charge >= 0.3 is 0 Å². The number of hydrogen-bond acceptors (Lipinski definition) is 2. The summed E-state index contributed by atoms with van der Waals surface area (Å²) in [5, 5.41) is 9.82. The fraction of sp³-hybridized carbons (Fsp3) is 0.692. The number of aliphatic hydroxyl groups is 1. The summed E-state index contributed by atoms with van der Waals surface area (Å²) >= 11 is 0. The lowest BCUT2D eigenvalue weighted by Crippen LogP contribution is -2.35.